The van der Waals surface area contributed by atoms with Gasteiger partial charge in [-0.15, -0.1) is 24.0 Å². The van der Waals surface area contributed by atoms with E-state index in [2.05, 4.69) is 32.7 Å². The number of carbonyl (C=O) groups excluding carboxylic acids is 2. The molecule has 1 aliphatic rings. The number of likely N-dealkylation sites (N-methyl/N-ethyl adjacent to an activating group) is 1. The Morgan fingerprint density at radius 2 is 1.63 bits per heavy atom. The van der Waals surface area contributed by atoms with Gasteiger partial charge in [0.05, 0.1) is 13.1 Å². The summed E-state index contributed by atoms with van der Waals surface area (Å²) in [5.74, 6) is 0.410. The van der Waals surface area contributed by atoms with Crippen molar-refractivity contribution in [1.29, 1.82) is 0 Å². The predicted octanol–water partition coefficient (Wildman–Crippen LogP) is 0.206. The van der Waals surface area contributed by atoms with Gasteiger partial charge >= 0.3 is 0 Å². The van der Waals surface area contributed by atoms with Crippen LogP contribution in [0.25, 0.3) is 0 Å². The minimum absolute atomic E-state index is 0. The second-order valence-corrected chi connectivity index (χ2v) is 6.27. The third-order valence-electron chi connectivity index (χ3n) is 4.29. The number of aliphatic imine (C=N–C) groups is 1. The summed E-state index contributed by atoms with van der Waals surface area (Å²) >= 11 is 0. The third kappa shape index (κ3) is 7.24. The summed E-state index contributed by atoms with van der Waals surface area (Å²) in [6, 6.07) is 10.2. The molecule has 1 aromatic carbocycles. The van der Waals surface area contributed by atoms with Gasteiger partial charge in [-0.1, -0.05) is 18.2 Å². The molecule has 2 N–H and O–H groups in total. The molecular formula is C18H29IN6O2. The number of amides is 2. The van der Waals surface area contributed by atoms with Crippen LogP contribution in [0.4, 0.5) is 5.69 Å². The molecule has 2 rings (SSSR count). The third-order valence-corrected chi connectivity index (χ3v) is 4.29. The van der Waals surface area contributed by atoms with Crippen LogP contribution in [0.3, 0.4) is 0 Å². The van der Waals surface area contributed by atoms with Crippen molar-refractivity contribution in [2.24, 2.45) is 4.99 Å². The van der Waals surface area contributed by atoms with Gasteiger partial charge in [0.25, 0.3) is 0 Å². The minimum Gasteiger partial charge on any atom is -0.368 e. The van der Waals surface area contributed by atoms with Gasteiger partial charge in [-0.2, -0.15) is 0 Å². The zero-order chi connectivity index (χ0) is 18.9. The number of hydrogen-bond acceptors (Lipinski definition) is 4. The maximum Gasteiger partial charge on any atom is 0.242 e. The fourth-order valence-corrected chi connectivity index (χ4v) is 2.66. The number of piperazine rings is 1. The largest absolute Gasteiger partial charge is 0.368 e. The number of anilines is 1. The molecule has 150 valence electrons. The van der Waals surface area contributed by atoms with E-state index in [1.807, 2.05) is 23.1 Å². The number of rotatable bonds is 5. The maximum absolute atomic E-state index is 12.4. The molecule has 0 unspecified atom stereocenters. The molecule has 0 aromatic heterocycles. The van der Waals surface area contributed by atoms with Gasteiger partial charge in [-0.3, -0.25) is 14.6 Å². The number of hydrogen-bond donors (Lipinski definition) is 2. The first-order chi connectivity index (χ1) is 12.5. The number of nitrogens with one attached hydrogen (secondary N) is 2. The Labute approximate surface area is 178 Å². The Bertz CT molecular complexity index is 630. The Morgan fingerprint density at radius 3 is 2.19 bits per heavy atom. The van der Waals surface area contributed by atoms with Crippen LogP contribution in [-0.2, 0) is 9.59 Å². The highest BCUT2D eigenvalue weighted by molar-refractivity contribution is 14.0. The molecule has 0 aliphatic carbocycles. The van der Waals surface area contributed by atoms with Crippen molar-refractivity contribution < 1.29 is 9.59 Å². The average molecular weight is 488 g/mol. The van der Waals surface area contributed by atoms with E-state index in [-0.39, 0.29) is 48.9 Å². The van der Waals surface area contributed by atoms with Crippen molar-refractivity contribution in [3.63, 3.8) is 0 Å². The fourth-order valence-electron chi connectivity index (χ4n) is 2.66. The molecule has 1 aromatic rings. The molecular weight excluding hydrogens is 459 g/mol. The second-order valence-electron chi connectivity index (χ2n) is 6.27. The number of carbonyl (C=O) groups is 2. The molecule has 0 radical (unpaired) electrons. The zero-order valence-corrected chi connectivity index (χ0v) is 18.5. The van der Waals surface area contributed by atoms with Crippen molar-refractivity contribution >= 4 is 47.4 Å². The van der Waals surface area contributed by atoms with Gasteiger partial charge in [0, 0.05) is 53.0 Å². The second kappa shape index (κ2) is 11.6. The maximum atomic E-state index is 12.4. The van der Waals surface area contributed by atoms with Crippen LogP contribution in [-0.4, -0.2) is 88.0 Å². The molecule has 1 aliphatic heterocycles. The van der Waals surface area contributed by atoms with Crippen molar-refractivity contribution in [2.45, 2.75) is 0 Å². The van der Waals surface area contributed by atoms with E-state index < -0.39 is 0 Å². The SMILES string of the molecule is CN=C(NCC(=O)N(C)C)NCC(=O)N1CCN(c2ccccc2)CC1.I. The summed E-state index contributed by atoms with van der Waals surface area (Å²) in [5.41, 5.74) is 1.19. The molecule has 9 heteroatoms. The van der Waals surface area contributed by atoms with Gasteiger partial charge < -0.3 is 25.3 Å². The number of nitrogens with zero attached hydrogens (tertiary/aromatic N) is 4. The zero-order valence-electron chi connectivity index (χ0n) is 16.1. The summed E-state index contributed by atoms with van der Waals surface area (Å²) in [6.45, 7) is 3.32. The lowest BCUT2D eigenvalue weighted by Gasteiger charge is -2.36. The van der Waals surface area contributed by atoms with E-state index in [0.29, 0.717) is 19.0 Å². The first-order valence-corrected chi connectivity index (χ1v) is 8.73. The van der Waals surface area contributed by atoms with Crippen LogP contribution in [0.15, 0.2) is 35.3 Å². The summed E-state index contributed by atoms with van der Waals surface area (Å²) < 4.78 is 0. The van der Waals surface area contributed by atoms with Crippen LogP contribution < -0.4 is 15.5 Å². The van der Waals surface area contributed by atoms with Crippen LogP contribution in [0.5, 0.6) is 0 Å². The normalized spacial score (nSPS) is 14.3. The van der Waals surface area contributed by atoms with Gasteiger partial charge in [0.2, 0.25) is 11.8 Å². The molecule has 27 heavy (non-hydrogen) atoms. The number of benzene rings is 1. The molecule has 0 saturated carbocycles. The monoisotopic (exact) mass is 488 g/mol. The summed E-state index contributed by atoms with van der Waals surface area (Å²) in [6.07, 6.45) is 0. The average Bonchev–Trinajstić information content (AvgIpc) is 2.68. The van der Waals surface area contributed by atoms with Crippen molar-refractivity contribution in [3.05, 3.63) is 30.3 Å². The smallest absolute Gasteiger partial charge is 0.242 e. The molecule has 2 amide bonds. The van der Waals surface area contributed by atoms with Crippen molar-refractivity contribution in [2.75, 3.05) is 65.3 Å². The summed E-state index contributed by atoms with van der Waals surface area (Å²) in [7, 11) is 5.00. The van der Waals surface area contributed by atoms with E-state index in [9.17, 15) is 9.59 Å². The quantitative estimate of drug-likeness (QED) is 0.352. The highest BCUT2D eigenvalue weighted by atomic mass is 127. The van der Waals surface area contributed by atoms with Crippen LogP contribution >= 0.6 is 24.0 Å². The molecule has 0 atom stereocenters. The minimum atomic E-state index is -0.0590. The Balaban J connectivity index is 0.00000364. The van der Waals surface area contributed by atoms with E-state index in [4.69, 9.17) is 0 Å². The lowest BCUT2D eigenvalue weighted by molar-refractivity contribution is -0.130. The van der Waals surface area contributed by atoms with E-state index in [1.54, 1.807) is 21.1 Å². The molecule has 1 fully saturated rings. The van der Waals surface area contributed by atoms with Crippen LogP contribution in [0.2, 0.25) is 0 Å². The van der Waals surface area contributed by atoms with E-state index in [1.165, 1.54) is 10.6 Å². The van der Waals surface area contributed by atoms with E-state index >= 15 is 0 Å². The highest BCUT2D eigenvalue weighted by Crippen LogP contribution is 2.15. The van der Waals surface area contributed by atoms with Gasteiger partial charge in [-0.25, -0.2) is 0 Å². The van der Waals surface area contributed by atoms with E-state index in [0.717, 1.165) is 13.1 Å². The summed E-state index contributed by atoms with van der Waals surface area (Å²) in [4.78, 5) is 33.7. The molecule has 1 heterocycles. The standard InChI is InChI=1S/C18H28N6O2.HI/c1-19-18(20-13-16(25)22(2)3)21-14-17(26)24-11-9-23(10-12-24)15-7-5-4-6-8-15;/h4-8H,9-14H2,1-3H3,(H2,19,20,21);1H. The lowest BCUT2D eigenvalue weighted by Crippen LogP contribution is -2.52. The number of para-hydroxylation sites is 1. The molecule has 8 nitrogen and oxygen atoms in total. The Hall–Kier alpha value is -2.04. The highest BCUT2D eigenvalue weighted by Gasteiger charge is 2.21. The van der Waals surface area contributed by atoms with Crippen molar-refractivity contribution in [1.82, 2.24) is 20.4 Å². The van der Waals surface area contributed by atoms with Gasteiger partial charge in [-0.05, 0) is 12.1 Å². The number of guanidine groups is 1. The van der Waals surface area contributed by atoms with Gasteiger partial charge in [0.15, 0.2) is 5.96 Å². The topological polar surface area (TPSA) is 80.3 Å². The first-order valence-electron chi connectivity index (χ1n) is 8.73. The fraction of sp³-hybridized carbons (Fsp3) is 0.500. The number of halogens is 1. The van der Waals surface area contributed by atoms with Crippen LogP contribution in [0, 0.1) is 0 Å². The molecule has 1 saturated heterocycles. The van der Waals surface area contributed by atoms with Crippen LogP contribution in [0.1, 0.15) is 0 Å². The predicted molar refractivity (Wildman–Crippen MR) is 119 cm³/mol. The van der Waals surface area contributed by atoms with Gasteiger partial charge in [0.1, 0.15) is 0 Å². The lowest BCUT2D eigenvalue weighted by atomic mass is 10.2. The summed E-state index contributed by atoms with van der Waals surface area (Å²) in [5, 5.41) is 5.87. The Kier molecular flexibility index (Phi) is 9.90. The molecule has 0 spiro atoms. The first kappa shape index (κ1) is 23.0. The molecule has 0 bridgehead atoms. The Morgan fingerprint density at radius 1 is 1.04 bits per heavy atom. The van der Waals surface area contributed by atoms with Crippen molar-refractivity contribution in [3.8, 4) is 0 Å².